The molecule has 5 nitrogen and oxygen atoms in total. The van der Waals surface area contributed by atoms with E-state index in [2.05, 4.69) is 5.32 Å². The van der Waals surface area contributed by atoms with Gasteiger partial charge in [0.15, 0.2) is 9.84 Å². The molecule has 1 heterocycles. The number of hydrogen-bond donors (Lipinski definition) is 1. The van der Waals surface area contributed by atoms with Crippen LogP contribution in [0.1, 0.15) is 42.9 Å². The second-order valence-corrected chi connectivity index (χ2v) is 8.80. The fourth-order valence-corrected chi connectivity index (χ4v) is 5.20. The molecule has 1 aromatic rings. The number of hydrogen-bond acceptors (Lipinski definition) is 3. The maximum atomic E-state index is 12.5. The van der Waals surface area contributed by atoms with Crippen molar-refractivity contribution in [2.45, 2.75) is 43.4 Å². The molecular formula is C17H24N2O3S. The first kappa shape index (κ1) is 16.3. The zero-order valence-electron chi connectivity index (χ0n) is 13.3. The van der Waals surface area contributed by atoms with Crippen LogP contribution in [0.3, 0.4) is 0 Å². The minimum atomic E-state index is -3.20. The van der Waals surface area contributed by atoms with Crippen LogP contribution in [0.4, 0.5) is 4.79 Å². The van der Waals surface area contributed by atoms with Gasteiger partial charge in [-0.1, -0.05) is 49.6 Å². The molecule has 2 amide bonds. The molecule has 6 heteroatoms. The molecule has 0 spiro atoms. The van der Waals surface area contributed by atoms with Gasteiger partial charge in [0.25, 0.3) is 0 Å². The number of nitrogens with one attached hydrogen (secondary N) is 1. The SMILES string of the molecule is O=C(NC1CCCCC1)N1CCS(=O)(=O)C(c2ccccc2)C1. The van der Waals surface area contributed by atoms with Gasteiger partial charge in [0.2, 0.25) is 0 Å². The van der Waals surface area contributed by atoms with Gasteiger partial charge in [0.1, 0.15) is 5.25 Å². The number of amides is 2. The van der Waals surface area contributed by atoms with Crippen molar-refractivity contribution in [3.63, 3.8) is 0 Å². The molecular weight excluding hydrogens is 312 g/mol. The summed E-state index contributed by atoms with van der Waals surface area (Å²) in [7, 11) is -3.20. The minimum Gasteiger partial charge on any atom is -0.335 e. The molecule has 2 fully saturated rings. The number of carbonyl (C=O) groups is 1. The molecule has 1 aromatic carbocycles. The smallest absolute Gasteiger partial charge is 0.317 e. The van der Waals surface area contributed by atoms with Gasteiger partial charge >= 0.3 is 6.03 Å². The van der Waals surface area contributed by atoms with Crippen LogP contribution in [0.2, 0.25) is 0 Å². The maximum Gasteiger partial charge on any atom is 0.317 e. The summed E-state index contributed by atoms with van der Waals surface area (Å²) in [6, 6.07) is 9.32. The molecule has 126 valence electrons. The molecule has 1 unspecified atom stereocenters. The molecule has 0 bridgehead atoms. The first-order chi connectivity index (χ1) is 11.1. The van der Waals surface area contributed by atoms with E-state index in [1.54, 1.807) is 4.90 Å². The number of carbonyl (C=O) groups excluding carboxylic acids is 1. The van der Waals surface area contributed by atoms with Gasteiger partial charge in [-0.3, -0.25) is 0 Å². The fourth-order valence-electron chi connectivity index (χ4n) is 3.46. The third kappa shape index (κ3) is 3.86. The van der Waals surface area contributed by atoms with Crippen molar-refractivity contribution in [1.29, 1.82) is 0 Å². The summed E-state index contributed by atoms with van der Waals surface area (Å²) in [5.41, 5.74) is 0.766. The van der Waals surface area contributed by atoms with E-state index in [1.165, 1.54) is 6.42 Å². The summed E-state index contributed by atoms with van der Waals surface area (Å²) in [5.74, 6) is 0.0324. The Morgan fingerprint density at radius 1 is 1.09 bits per heavy atom. The first-order valence-electron chi connectivity index (χ1n) is 8.38. The van der Waals surface area contributed by atoms with Crippen LogP contribution in [0.25, 0.3) is 0 Å². The summed E-state index contributed by atoms with van der Waals surface area (Å²) < 4.78 is 24.8. The minimum absolute atomic E-state index is 0.0324. The van der Waals surface area contributed by atoms with Crippen molar-refractivity contribution in [2.24, 2.45) is 0 Å². The van der Waals surface area contributed by atoms with Gasteiger partial charge in [-0.05, 0) is 18.4 Å². The summed E-state index contributed by atoms with van der Waals surface area (Å²) in [5, 5.41) is 2.46. The highest BCUT2D eigenvalue weighted by Gasteiger charge is 2.36. The van der Waals surface area contributed by atoms with E-state index in [4.69, 9.17) is 0 Å². The molecule has 0 aromatic heterocycles. The predicted molar refractivity (Wildman–Crippen MR) is 89.9 cm³/mol. The average molecular weight is 336 g/mol. The van der Waals surface area contributed by atoms with Crippen molar-refractivity contribution in [2.75, 3.05) is 18.8 Å². The molecule has 1 N–H and O–H groups in total. The Kier molecular flexibility index (Phi) is 4.90. The Labute approximate surface area is 138 Å². The van der Waals surface area contributed by atoms with E-state index < -0.39 is 15.1 Å². The van der Waals surface area contributed by atoms with E-state index in [-0.39, 0.29) is 30.9 Å². The van der Waals surface area contributed by atoms with Gasteiger partial charge in [-0.2, -0.15) is 0 Å². The summed E-state index contributed by atoms with van der Waals surface area (Å²) >= 11 is 0. The van der Waals surface area contributed by atoms with Crippen LogP contribution < -0.4 is 5.32 Å². The van der Waals surface area contributed by atoms with Crippen LogP contribution in [0.5, 0.6) is 0 Å². The molecule has 1 saturated heterocycles. The third-order valence-corrected chi connectivity index (χ3v) is 6.90. The molecule has 2 aliphatic rings. The number of benzene rings is 1. The lowest BCUT2D eigenvalue weighted by Crippen LogP contribution is -2.51. The van der Waals surface area contributed by atoms with Gasteiger partial charge in [-0.15, -0.1) is 0 Å². The summed E-state index contributed by atoms with van der Waals surface area (Å²) in [6.45, 7) is 0.523. The highest BCUT2D eigenvalue weighted by molar-refractivity contribution is 7.91. The second-order valence-electron chi connectivity index (χ2n) is 6.50. The van der Waals surface area contributed by atoms with Crippen LogP contribution in [0.15, 0.2) is 30.3 Å². The van der Waals surface area contributed by atoms with Crippen molar-refractivity contribution in [1.82, 2.24) is 10.2 Å². The number of sulfone groups is 1. The van der Waals surface area contributed by atoms with Crippen molar-refractivity contribution < 1.29 is 13.2 Å². The Hall–Kier alpha value is -1.56. The predicted octanol–water partition coefficient (Wildman–Crippen LogP) is 2.50. The Morgan fingerprint density at radius 3 is 2.48 bits per heavy atom. The van der Waals surface area contributed by atoms with Crippen LogP contribution in [-0.4, -0.2) is 44.2 Å². The van der Waals surface area contributed by atoms with Crippen LogP contribution >= 0.6 is 0 Å². The Bertz CT molecular complexity index is 639. The van der Waals surface area contributed by atoms with E-state index >= 15 is 0 Å². The van der Waals surface area contributed by atoms with Gasteiger partial charge < -0.3 is 10.2 Å². The van der Waals surface area contributed by atoms with E-state index in [0.29, 0.717) is 0 Å². The van der Waals surface area contributed by atoms with Crippen LogP contribution in [-0.2, 0) is 9.84 Å². The highest BCUT2D eigenvalue weighted by Crippen LogP contribution is 2.28. The number of nitrogens with zero attached hydrogens (tertiary/aromatic N) is 1. The standard InChI is InChI=1S/C17H24N2O3S/c20-17(18-15-9-5-2-6-10-15)19-11-12-23(21,22)16(13-19)14-7-3-1-4-8-14/h1,3-4,7-8,15-16H,2,5-6,9-13H2,(H,18,20). The van der Waals surface area contributed by atoms with Crippen LogP contribution in [0, 0.1) is 0 Å². The molecule has 1 saturated carbocycles. The second kappa shape index (κ2) is 6.91. The zero-order chi connectivity index (χ0) is 16.3. The van der Waals surface area contributed by atoms with E-state index in [9.17, 15) is 13.2 Å². The van der Waals surface area contributed by atoms with Gasteiger partial charge in [0, 0.05) is 19.1 Å². The average Bonchev–Trinajstić information content (AvgIpc) is 2.56. The maximum absolute atomic E-state index is 12.5. The summed E-state index contributed by atoms with van der Waals surface area (Å²) in [4.78, 5) is 14.1. The zero-order valence-corrected chi connectivity index (χ0v) is 14.1. The first-order valence-corrected chi connectivity index (χ1v) is 10.1. The van der Waals surface area contributed by atoms with Gasteiger partial charge in [0.05, 0.1) is 5.75 Å². The molecule has 1 aliphatic carbocycles. The number of rotatable bonds is 2. The topological polar surface area (TPSA) is 66.5 Å². The monoisotopic (exact) mass is 336 g/mol. The molecule has 0 radical (unpaired) electrons. The molecule has 23 heavy (non-hydrogen) atoms. The Balaban J connectivity index is 1.69. The lowest BCUT2D eigenvalue weighted by Gasteiger charge is -2.34. The highest BCUT2D eigenvalue weighted by atomic mass is 32.2. The molecule has 1 aliphatic heterocycles. The largest absolute Gasteiger partial charge is 0.335 e. The summed E-state index contributed by atoms with van der Waals surface area (Å²) in [6.07, 6.45) is 5.61. The van der Waals surface area contributed by atoms with Crippen molar-refractivity contribution >= 4 is 15.9 Å². The van der Waals surface area contributed by atoms with Crippen molar-refractivity contribution in [3.05, 3.63) is 35.9 Å². The quantitative estimate of drug-likeness (QED) is 0.902. The normalized spacial score (nSPS) is 25.0. The lowest BCUT2D eigenvalue weighted by molar-refractivity contribution is 0.190. The van der Waals surface area contributed by atoms with E-state index in [1.807, 2.05) is 30.3 Å². The van der Waals surface area contributed by atoms with E-state index in [0.717, 1.165) is 31.2 Å². The van der Waals surface area contributed by atoms with Gasteiger partial charge in [-0.25, -0.2) is 13.2 Å². The molecule has 1 atom stereocenters. The fraction of sp³-hybridized carbons (Fsp3) is 0.588. The third-order valence-electron chi connectivity index (χ3n) is 4.86. The Morgan fingerprint density at radius 2 is 1.78 bits per heavy atom. The number of urea groups is 1. The van der Waals surface area contributed by atoms with Crippen molar-refractivity contribution in [3.8, 4) is 0 Å². The molecule has 3 rings (SSSR count). The lowest BCUT2D eigenvalue weighted by atomic mass is 9.96.